The lowest BCUT2D eigenvalue weighted by Gasteiger charge is -2.22. The van der Waals surface area contributed by atoms with Gasteiger partial charge in [-0.25, -0.2) is 4.39 Å². The van der Waals surface area contributed by atoms with E-state index in [0.717, 1.165) is 65.5 Å². The van der Waals surface area contributed by atoms with Crippen molar-refractivity contribution in [3.05, 3.63) is 59.9 Å². The minimum Gasteiger partial charge on any atom is -0.496 e. The van der Waals surface area contributed by atoms with Crippen LogP contribution in [-0.2, 0) is 7.05 Å². The summed E-state index contributed by atoms with van der Waals surface area (Å²) in [6, 6.07) is 15.1. The molecule has 0 N–H and O–H groups in total. The Kier molecular flexibility index (Phi) is 8.73. The number of benzene rings is 2. The minimum atomic E-state index is -0.174. The van der Waals surface area contributed by atoms with Crippen LogP contribution in [0, 0.1) is 17.7 Å². The van der Waals surface area contributed by atoms with Gasteiger partial charge in [-0.2, -0.15) is 0 Å². The van der Waals surface area contributed by atoms with E-state index in [1.807, 2.05) is 25.2 Å². The van der Waals surface area contributed by atoms with Gasteiger partial charge >= 0.3 is 0 Å². The molecule has 0 amide bonds. The number of hydrogen-bond donors (Lipinski definition) is 0. The summed E-state index contributed by atoms with van der Waals surface area (Å²) in [4.78, 5) is 2.64. The van der Waals surface area contributed by atoms with Crippen molar-refractivity contribution in [1.29, 1.82) is 0 Å². The molecule has 5 rings (SSSR count). The molecule has 2 fully saturated rings. The van der Waals surface area contributed by atoms with Crippen LogP contribution in [0.5, 0.6) is 5.75 Å². The number of methoxy groups -OCH3 is 1. The van der Waals surface area contributed by atoms with E-state index < -0.39 is 0 Å². The highest BCUT2D eigenvalue weighted by atomic mass is 35.5. The van der Waals surface area contributed by atoms with Gasteiger partial charge in [0.1, 0.15) is 11.6 Å². The summed E-state index contributed by atoms with van der Waals surface area (Å²) in [5.41, 5.74) is 2.12. The number of rotatable bonds is 12. The van der Waals surface area contributed by atoms with Gasteiger partial charge in [-0.15, -0.1) is 22.6 Å². The van der Waals surface area contributed by atoms with E-state index in [9.17, 15) is 4.39 Å². The second-order valence-electron chi connectivity index (χ2n) is 9.62. The molecule has 0 aliphatic heterocycles. The Hall–Kier alpha value is -2.09. The van der Waals surface area contributed by atoms with Crippen LogP contribution in [0.2, 0.25) is 0 Å². The van der Waals surface area contributed by atoms with Crippen molar-refractivity contribution in [3.63, 3.8) is 0 Å². The highest BCUT2D eigenvalue weighted by Crippen LogP contribution is 2.51. The smallest absolute Gasteiger partial charge is 0.191 e. The molecule has 2 unspecified atom stereocenters. The lowest BCUT2D eigenvalue weighted by Crippen LogP contribution is -2.30. The summed E-state index contributed by atoms with van der Waals surface area (Å²) in [5.74, 6) is 4.44. The molecule has 188 valence electrons. The first-order chi connectivity index (χ1) is 16.6. The average Bonchev–Trinajstić information content (AvgIpc) is 3.78. The van der Waals surface area contributed by atoms with Crippen LogP contribution < -0.4 is 4.74 Å². The predicted molar refractivity (Wildman–Crippen MR) is 142 cm³/mol. The van der Waals surface area contributed by atoms with Gasteiger partial charge in [-0.1, -0.05) is 42.1 Å². The molecule has 5 nitrogen and oxygen atoms in total. The molecule has 3 aromatic rings. The second kappa shape index (κ2) is 11.8. The number of thioether (sulfide) groups is 1. The molecule has 1 heterocycles. The molecule has 0 saturated heterocycles. The molecular formula is C27H34ClFN4OS. The third-order valence-corrected chi connectivity index (χ3v) is 8.04. The van der Waals surface area contributed by atoms with E-state index in [1.165, 1.54) is 25.5 Å². The zero-order valence-electron chi connectivity index (χ0n) is 20.4. The van der Waals surface area contributed by atoms with Crippen LogP contribution in [0.4, 0.5) is 4.39 Å². The van der Waals surface area contributed by atoms with Gasteiger partial charge in [-0.05, 0) is 68.2 Å². The first-order valence-corrected chi connectivity index (χ1v) is 13.2. The Balaban J connectivity index is 0.00000289. The van der Waals surface area contributed by atoms with Crippen molar-refractivity contribution in [1.82, 2.24) is 19.7 Å². The molecule has 35 heavy (non-hydrogen) atoms. The summed E-state index contributed by atoms with van der Waals surface area (Å²) in [6.07, 6.45) is 4.96. The Morgan fingerprint density at radius 1 is 1.11 bits per heavy atom. The summed E-state index contributed by atoms with van der Waals surface area (Å²) in [7, 11) is 3.71. The number of aromatic nitrogens is 3. The van der Waals surface area contributed by atoms with Crippen LogP contribution >= 0.6 is 24.2 Å². The molecule has 2 aliphatic rings. The van der Waals surface area contributed by atoms with Crippen molar-refractivity contribution < 1.29 is 9.13 Å². The maximum atomic E-state index is 13.8. The average molecular weight is 517 g/mol. The SMILES string of the molecule is COc1ccc(F)cc1C1CC1CN(CCCSc1nnc(-c2ccccc2)n1C)CC1CC1.Cl. The van der Waals surface area contributed by atoms with E-state index in [2.05, 4.69) is 31.8 Å². The lowest BCUT2D eigenvalue weighted by atomic mass is 10.1. The minimum absolute atomic E-state index is 0. The Morgan fingerprint density at radius 2 is 1.91 bits per heavy atom. The Bertz CT molecular complexity index is 1110. The van der Waals surface area contributed by atoms with Gasteiger partial charge in [0.25, 0.3) is 0 Å². The molecule has 2 aliphatic carbocycles. The summed E-state index contributed by atoms with van der Waals surface area (Å²) < 4.78 is 21.4. The molecule has 2 saturated carbocycles. The lowest BCUT2D eigenvalue weighted by molar-refractivity contribution is 0.252. The first-order valence-electron chi connectivity index (χ1n) is 12.3. The van der Waals surface area contributed by atoms with Crippen LogP contribution in [0.15, 0.2) is 53.7 Å². The monoisotopic (exact) mass is 516 g/mol. The molecule has 0 bridgehead atoms. The molecule has 8 heteroatoms. The summed E-state index contributed by atoms with van der Waals surface area (Å²) in [6.45, 7) is 3.38. The highest BCUT2D eigenvalue weighted by Gasteiger charge is 2.41. The normalized spacial score (nSPS) is 19.0. The molecule has 0 radical (unpaired) electrons. The topological polar surface area (TPSA) is 43.2 Å². The van der Waals surface area contributed by atoms with Crippen molar-refractivity contribution in [2.24, 2.45) is 18.9 Å². The molecular weight excluding hydrogens is 483 g/mol. The van der Waals surface area contributed by atoms with Crippen LogP contribution in [0.25, 0.3) is 11.4 Å². The largest absolute Gasteiger partial charge is 0.496 e. The number of ether oxygens (including phenoxy) is 1. The molecule has 2 atom stereocenters. The quantitative estimate of drug-likeness (QED) is 0.216. The van der Waals surface area contributed by atoms with Crippen molar-refractivity contribution in [2.75, 3.05) is 32.5 Å². The zero-order valence-corrected chi connectivity index (χ0v) is 22.0. The Morgan fingerprint density at radius 3 is 2.66 bits per heavy atom. The van der Waals surface area contributed by atoms with Crippen molar-refractivity contribution >= 4 is 24.2 Å². The number of hydrogen-bond acceptors (Lipinski definition) is 5. The van der Waals surface area contributed by atoms with Gasteiger partial charge < -0.3 is 14.2 Å². The fourth-order valence-corrected chi connectivity index (χ4v) is 5.65. The van der Waals surface area contributed by atoms with E-state index >= 15 is 0 Å². The molecule has 0 spiro atoms. The van der Waals surface area contributed by atoms with Gasteiger partial charge in [0.2, 0.25) is 0 Å². The maximum Gasteiger partial charge on any atom is 0.191 e. The fraction of sp³-hybridized carbons (Fsp3) is 0.481. The molecule has 2 aromatic carbocycles. The Labute approximate surface area is 217 Å². The van der Waals surface area contributed by atoms with Crippen LogP contribution in [-0.4, -0.2) is 52.2 Å². The predicted octanol–water partition coefficient (Wildman–Crippen LogP) is 6.05. The summed E-state index contributed by atoms with van der Waals surface area (Å²) in [5, 5.41) is 9.78. The third kappa shape index (κ3) is 6.57. The van der Waals surface area contributed by atoms with Crippen LogP contribution in [0.3, 0.4) is 0 Å². The van der Waals surface area contributed by atoms with E-state index in [-0.39, 0.29) is 18.2 Å². The van der Waals surface area contributed by atoms with Gasteiger partial charge in [0, 0.05) is 37.0 Å². The molecule has 1 aromatic heterocycles. The van der Waals surface area contributed by atoms with Gasteiger partial charge in [-0.3, -0.25) is 0 Å². The highest BCUT2D eigenvalue weighted by molar-refractivity contribution is 7.99. The second-order valence-corrected chi connectivity index (χ2v) is 10.7. The van der Waals surface area contributed by atoms with Crippen LogP contribution in [0.1, 0.15) is 37.2 Å². The fourth-order valence-electron chi connectivity index (χ4n) is 4.81. The van der Waals surface area contributed by atoms with Crippen molar-refractivity contribution in [2.45, 2.75) is 36.8 Å². The van der Waals surface area contributed by atoms with Gasteiger partial charge in [0.15, 0.2) is 11.0 Å². The third-order valence-electron chi connectivity index (χ3n) is 6.94. The number of halogens is 2. The summed E-state index contributed by atoms with van der Waals surface area (Å²) >= 11 is 1.78. The van der Waals surface area contributed by atoms with E-state index in [1.54, 1.807) is 31.0 Å². The standard InChI is InChI=1S/C27H33FN4OS.ClH/c1-31-26(20-7-4-3-5-8-20)29-30-27(31)34-14-6-13-32(17-19-9-10-19)18-21-15-23(21)24-16-22(28)11-12-25(24)33-2;/h3-5,7-8,11-12,16,19,21,23H,6,9-10,13-15,17-18H2,1-2H3;1H. The van der Waals surface area contributed by atoms with E-state index in [0.29, 0.717) is 11.8 Å². The maximum absolute atomic E-state index is 13.8. The van der Waals surface area contributed by atoms with Gasteiger partial charge in [0.05, 0.1) is 7.11 Å². The first kappa shape index (κ1) is 26.0. The zero-order chi connectivity index (χ0) is 23.5. The number of nitrogens with zero attached hydrogens (tertiary/aromatic N) is 4. The van der Waals surface area contributed by atoms with Crippen molar-refractivity contribution in [3.8, 4) is 17.1 Å². The van der Waals surface area contributed by atoms with E-state index in [4.69, 9.17) is 4.74 Å².